The van der Waals surface area contributed by atoms with Crippen LogP contribution in [0.2, 0.25) is 0 Å². The van der Waals surface area contributed by atoms with Crippen molar-refractivity contribution in [1.29, 1.82) is 0 Å². The summed E-state index contributed by atoms with van der Waals surface area (Å²) >= 11 is 0. The Hall–Kier alpha value is -3.08. The van der Waals surface area contributed by atoms with Gasteiger partial charge in [0.15, 0.2) is 0 Å². The molecule has 0 radical (unpaired) electrons. The molecule has 4 rings (SSSR count). The molecule has 1 atom stereocenters. The van der Waals surface area contributed by atoms with Crippen molar-refractivity contribution in [3.63, 3.8) is 0 Å². The summed E-state index contributed by atoms with van der Waals surface area (Å²) < 4.78 is 0. The van der Waals surface area contributed by atoms with Gasteiger partial charge in [-0.15, -0.1) is 0 Å². The van der Waals surface area contributed by atoms with E-state index in [-0.39, 0.29) is 24.4 Å². The molecule has 1 heterocycles. The van der Waals surface area contributed by atoms with Gasteiger partial charge in [-0.3, -0.25) is 9.59 Å². The van der Waals surface area contributed by atoms with Crippen LogP contribution in [0.3, 0.4) is 0 Å². The molecule has 1 unspecified atom stereocenters. The van der Waals surface area contributed by atoms with E-state index in [2.05, 4.69) is 27.8 Å². The number of aryl methyl sites for hydroxylation is 1. The number of para-hydroxylation sites is 1. The molecule has 0 aliphatic heterocycles. The van der Waals surface area contributed by atoms with Crippen LogP contribution >= 0.6 is 0 Å². The van der Waals surface area contributed by atoms with Gasteiger partial charge in [0.05, 0.1) is 12.6 Å². The van der Waals surface area contributed by atoms with Gasteiger partial charge in [0.1, 0.15) is 0 Å². The lowest BCUT2D eigenvalue weighted by atomic mass is 9.91. The molecule has 0 saturated heterocycles. The van der Waals surface area contributed by atoms with E-state index in [1.807, 2.05) is 18.2 Å². The molecular weight excluding hydrogens is 326 g/mol. The quantitative estimate of drug-likeness (QED) is 0.678. The van der Waals surface area contributed by atoms with E-state index in [1.54, 1.807) is 24.3 Å². The zero-order valence-electron chi connectivity index (χ0n) is 14.4. The molecule has 2 amide bonds. The van der Waals surface area contributed by atoms with E-state index >= 15 is 0 Å². The van der Waals surface area contributed by atoms with Crippen LogP contribution < -0.4 is 10.6 Å². The molecule has 26 heavy (non-hydrogen) atoms. The van der Waals surface area contributed by atoms with E-state index in [9.17, 15) is 9.59 Å². The minimum atomic E-state index is -0.240. The first kappa shape index (κ1) is 16.4. The molecule has 5 heteroatoms. The summed E-state index contributed by atoms with van der Waals surface area (Å²) in [6, 6.07) is 17.1. The molecule has 0 spiro atoms. The third-order valence-corrected chi connectivity index (χ3v) is 4.90. The molecule has 2 aromatic carbocycles. The number of carbonyl (C=O) groups is 2. The highest BCUT2D eigenvalue weighted by Gasteiger charge is 2.25. The van der Waals surface area contributed by atoms with E-state index in [4.69, 9.17) is 0 Å². The lowest BCUT2D eigenvalue weighted by molar-refractivity contribution is -0.121. The minimum absolute atomic E-state index is 0.0280. The Balaban J connectivity index is 1.42. The fourth-order valence-corrected chi connectivity index (χ4v) is 3.66. The van der Waals surface area contributed by atoms with E-state index < -0.39 is 0 Å². The van der Waals surface area contributed by atoms with Crippen molar-refractivity contribution in [2.75, 3.05) is 6.54 Å². The zero-order chi connectivity index (χ0) is 17.9. The fraction of sp³-hybridized carbons (Fsp3) is 0.238. The van der Waals surface area contributed by atoms with Gasteiger partial charge in [-0.2, -0.15) is 0 Å². The van der Waals surface area contributed by atoms with Gasteiger partial charge in [-0.25, -0.2) is 0 Å². The molecule has 1 aliphatic carbocycles. The number of aromatic amines is 1. The first-order valence-corrected chi connectivity index (χ1v) is 8.94. The fourth-order valence-electron chi connectivity index (χ4n) is 3.66. The number of hydrogen-bond acceptors (Lipinski definition) is 2. The summed E-state index contributed by atoms with van der Waals surface area (Å²) in [6.07, 6.45) is 2.96. The number of carbonyl (C=O) groups excluding carboxylic acids is 2. The molecule has 0 bridgehead atoms. The maximum Gasteiger partial charge on any atom is 0.251 e. The summed E-state index contributed by atoms with van der Waals surface area (Å²) in [4.78, 5) is 27.9. The highest BCUT2D eigenvalue weighted by Crippen LogP contribution is 2.34. The van der Waals surface area contributed by atoms with Crippen LogP contribution in [0, 0.1) is 0 Å². The topological polar surface area (TPSA) is 74.0 Å². The Bertz CT molecular complexity index is 946. The van der Waals surface area contributed by atoms with Crippen LogP contribution in [0.15, 0.2) is 54.6 Å². The lowest BCUT2D eigenvalue weighted by Gasteiger charge is -2.24. The van der Waals surface area contributed by atoms with Crippen molar-refractivity contribution in [2.45, 2.75) is 25.3 Å². The van der Waals surface area contributed by atoms with Crippen LogP contribution in [-0.4, -0.2) is 23.3 Å². The predicted molar refractivity (Wildman–Crippen MR) is 101 cm³/mol. The van der Waals surface area contributed by atoms with Crippen LogP contribution in [-0.2, 0) is 11.2 Å². The smallest absolute Gasteiger partial charge is 0.251 e. The number of benzene rings is 2. The van der Waals surface area contributed by atoms with Crippen molar-refractivity contribution in [3.8, 4) is 0 Å². The third kappa shape index (κ3) is 3.20. The summed E-state index contributed by atoms with van der Waals surface area (Å²) in [5.74, 6) is -0.415. The number of rotatable bonds is 4. The molecule has 1 aromatic heterocycles. The van der Waals surface area contributed by atoms with Crippen LogP contribution in [0.4, 0.5) is 0 Å². The van der Waals surface area contributed by atoms with Crippen LogP contribution in [0.5, 0.6) is 0 Å². The predicted octanol–water partition coefficient (Wildman–Crippen LogP) is 3.09. The van der Waals surface area contributed by atoms with Crippen molar-refractivity contribution in [2.24, 2.45) is 0 Å². The highest BCUT2D eigenvalue weighted by molar-refractivity contribution is 5.96. The van der Waals surface area contributed by atoms with Gasteiger partial charge < -0.3 is 15.6 Å². The molecule has 0 saturated carbocycles. The Kier molecular flexibility index (Phi) is 4.44. The minimum Gasteiger partial charge on any atom is -0.356 e. The average Bonchev–Trinajstić information content (AvgIpc) is 3.07. The summed E-state index contributed by atoms with van der Waals surface area (Å²) in [5, 5.41) is 6.97. The second-order valence-electron chi connectivity index (χ2n) is 6.62. The van der Waals surface area contributed by atoms with E-state index in [1.165, 1.54) is 10.9 Å². The monoisotopic (exact) mass is 347 g/mol. The average molecular weight is 347 g/mol. The van der Waals surface area contributed by atoms with Crippen molar-refractivity contribution >= 4 is 22.7 Å². The highest BCUT2D eigenvalue weighted by atomic mass is 16.2. The zero-order valence-corrected chi connectivity index (χ0v) is 14.4. The maximum atomic E-state index is 12.3. The second kappa shape index (κ2) is 7.04. The van der Waals surface area contributed by atoms with Crippen molar-refractivity contribution in [1.82, 2.24) is 15.6 Å². The summed E-state index contributed by atoms with van der Waals surface area (Å²) in [5.41, 5.74) is 4.05. The van der Waals surface area contributed by atoms with Crippen molar-refractivity contribution < 1.29 is 9.59 Å². The summed E-state index contributed by atoms with van der Waals surface area (Å²) in [7, 11) is 0. The number of H-pyrrole nitrogens is 1. The molecule has 3 aromatic rings. The van der Waals surface area contributed by atoms with Crippen molar-refractivity contribution in [3.05, 3.63) is 71.4 Å². The Morgan fingerprint density at radius 2 is 1.81 bits per heavy atom. The largest absolute Gasteiger partial charge is 0.356 e. The first-order chi connectivity index (χ1) is 12.7. The Labute approximate surface area is 151 Å². The van der Waals surface area contributed by atoms with Gasteiger partial charge in [-0.05, 0) is 43.0 Å². The molecule has 3 N–H and O–H groups in total. The van der Waals surface area contributed by atoms with Gasteiger partial charge >= 0.3 is 0 Å². The number of nitrogens with one attached hydrogen (secondary N) is 3. The summed E-state index contributed by atoms with van der Waals surface area (Å²) in [6.45, 7) is -0.0280. The molecule has 0 fully saturated rings. The first-order valence-electron chi connectivity index (χ1n) is 8.94. The third-order valence-electron chi connectivity index (χ3n) is 4.90. The number of hydrogen-bond donors (Lipinski definition) is 3. The molecule has 132 valence electrons. The van der Waals surface area contributed by atoms with Gasteiger partial charge in [-0.1, -0.05) is 36.4 Å². The molecular formula is C21H21N3O2. The SMILES string of the molecule is O=C(CNC(=O)c1ccccc1)NC1CCCc2c1[nH]c1ccccc21. The van der Waals surface area contributed by atoms with E-state index in [0.717, 1.165) is 30.5 Å². The number of amides is 2. The number of aromatic nitrogens is 1. The Morgan fingerprint density at radius 3 is 2.65 bits per heavy atom. The normalized spacial score (nSPS) is 16.1. The van der Waals surface area contributed by atoms with Gasteiger partial charge in [0.25, 0.3) is 5.91 Å². The molecule has 5 nitrogen and oxygen atoms in total. The van der Waals surface area contributed by atoms with Crippen LogP contribution in [0.25, 0.3) is 10.9 Å². The van der Waals surface area contributed by atoms with Gasteiger partial charge in [0.2, 0.25) is 5.91 Å². The van der Waals surface area contributed by atoms with E-state index in [0.29, 0.717) is 5.56 Å². The second-order valence-corrected chi connectivity index (χ2v) is 6.62. The van der Waals surface area contributed by atoms with Gasteiger partial charge in [0, 0.05) is 22.2 Å². The maximum absolute atomic E-state index is 12.3. The lowest BCUT2D eigenvalue weighted by Crippen LogP contribution is -2.39. The number of fused-ring (bicyclic) bond motifs is 3. The molecule has 1 aliphatic rings. The van der Waals surface area contributed by atoms with Crippen LogP contribution in [0.1, 0.15) is 40.5 Å². The Morgan fingerprint density at radius 1 is 1.04 bits per heavy atom. The standard InChI is InChI=1S/C21H21N3O2/c25-19(13-22-21(26)14-7-2-1-3-8-14)23-18-12-6-10-16-15-9-4-5-11-17(15)24-20(16)18/h1-5,7-9,11,18,24H,6,10,12-13H2,(H,22,26)(H,23,25).